The van der Waals surface area contributed by atoms with Crippen LogP contribution >= 0.6 is 0 Å². The van der Waals surface area contributed by atoms with E-state index in [1.807, 2.05) is 6.92 Å². The van der Waals surface area contributed by atoms with Crippen molar-refractivity contribution >= 4 is 26.7 Å². The Balaban J connectivity index is 2.00. The van der Waals surface area contributed by atoms with Crippen LogP contribution in [0.15, 0.2) is 46.1 Å². The second kappa shape index (κ2) is 8.30. The summed E-state index contributed by atoms with van der Waals surface area (Å²) in [6, 6.07) is 9.30. The van der Waals surface area contributed by atoms with Crippen molar-refractivity contribution in [2.24, 2.45) is 0 Å². The zero-order chi connectivity index (χ0) is 22.2. The highest BCUT2D eigenvalue weighted by Crippen LogP contribution is 2.34. The zero-order valence-corrected chi connectivity index (χ0v) is 18.5. The van der Waals surface area contributed by atoms with E-state index in [9.17, 15) is 13.2 Å². The molecule has 0 atom stereocenters. The van der Waals surface area contributed by atoms with Crippen LogP contribution in [0.2, 0.25) is 0 Å². The van der Waals surface area contributed by atoms with Crippen LogP contribution in [0.5, 0.6) is 11.5 Å². The predicted molar refractivity (Wildman–Crippen MR) is 119 cm³/mol. The van der Waals surface area contributed by atoms with E-state index in [0.29, 0.717) is 29.1 Å². The molecule has 2 N–H and O–H groups in total. The van der Waals surface area contributed by atoms with Gasteiger partial charge in [0.25, 0.3) is 10.0 Å². The summed E-state index contributed by atoms with van der Waals surface area (Å²) in [6.45, 7) is 2.35. The number of nitrogen functional groups attached to an aromatic ring is 1. The summed E-state index contributed by atoms with van der Waals surface area (Å²) in [7, 11) is -2.87. The largest absolute Gasteiger partial charge is 0.495 e. The van der Waals surface area contributed by atoms with Crippen LogP contribution in [-0.4, -0.2) is 30.7 Å². The number of rotatable bonds is 6. The van der Waals surface area contributed by atoms with Crippen molar-refractivity contribution in [1.82, 2.24) is 8.54 Å². The molecule has 1 heterocycles. The maximum Gasteiger partial charge on any atom is 0.343 e. The minimum atomic E-state index is -4.24. The molecule has 4 rings (SSSR count). The molecule has 8 nitrogen and oxygen atoms in total. The van der Waals surface area contributed by atoms with E-state index in [4.69, 9.17) is 15.2 Å². The van der Waals surface area contributed by atoms with Gasteiger partial charge in [-0.2, -0.15) is 3.97 Å². The number of methoxy groups -OCH3 is 1. The fourth-order valence-electron chi connectivity index (χ4n) is 4.35. The van der Waals surface area contributed by atoms with Crippen molar-refractivity contribution in [3.8, 4) is 11.5 Å². The maximum atomic E-state index is 13.7. The average Bonchev–Trinajstić information content (AvgIpc) is 3.06. The highest BCUT2D eigenvalue weighted by molar-refractivity contribution is 7.90. The first-order chi connectivity index (χ1) is 14.9. The van der Waals surface area contributed by atoms with E-state index in [2.05, 4.69) is 0 Å². The Bertz CT molecular complexity index is 1270. The third kappa shape index (κ3) is 3.67. The zero-order valence-electron chi connectivity index (χ0n) is 17.7. The number of nitrogens with zero attached hydrogens (tertiary/aromatic N) is 2. The number of hydrogen-bond donors (Lipinski definition) is 1. The molecule has 1 aliphatic rings. The molecule has 2 aromatic carbocycles. The second-order valence-corrected chi connectivity index (χ2v) is 9.46. The summed E-state index contributed by atoms with van der Waals surface area (Å²) < 4.78 is 40.7. The van der Waals surface area contributed by atoms with Crippen molar-refractivity contribution in [1.29, 1.82) is 0 Å². The van der Waals surface area contributed by atoms with Gasteiger partial charge in [0.05, 0.1) is 24.8 Å². The molecular weight excluding hydrogens is 418 g/mol. The molecule has 0 saturated heterocycles. The lowest BCUT2D eigenvalue weighted by atomic mass is 9.95. The summed E-state index contributed by atoms with van der Waals surface area (Å²) >= 11 is 0. The first kappa shape index (κ1) is 21.3. The number of aromatic nitrogens is 2. The first-order valence-electron chi connectivity index (χ1n) is 10.5. The topological polar surface area (TPSA) is 106 Å². The number of nitrogens with two attached hydrogens (primary N) is 1. The first-order valence-corrected chi connectivity index (χ1v) is 11.9. The van der Waals surface area contributed by atoms with Crippen molar-refractivity contribution < 1.29 is 17.9 Å². The number of ether oxygens (including phenoxy) is 2. The quantitative estimate of drug-likeness (QED) is 0.582. The highest BCUT2D eigenvalue weighted by atomic mass is 32.2. The van der Waals surface area contributed by atoms with Crippen LogP contribution in [-0.2, 0) is 10.0 Å². The SMILES string of the molecule is CCOc1ccc2c(c1)n(C1CCCCC1)c(=O)n2S(=O)(=O)c1ccc(N)cc1OC. The van der Waals surface area contributed by atoms with Crippen molar-refractivity contribution in [2.45, 2.75) is 50.0 Å². The smallest absolute Gasteiger partial charge is 0.343 e. The Hall–Kier alpha value is -2.94. The molecule has 1 saturated carbocycles. The molecule has 0 aliphatic heterocycles. The van der Waals surface area contributed by atoms with Crippen molar-refractivity contribution in [3.05, 3.63) is 46.9 Å². The second-order valence-electron chi connectivity index (χ2n) is 7.71. The van der Waals surface area contributed by atoms with E-state index in [0.717, 1.165) is 36.1 Å². The number of hydrogen-bond acceptors (Lipinski definition) is 6. The van der Waals surface area contributed by atoms with Gasteiger partial charge in [-0.05, 0) is 44.0 Å². The van der Waals surface area contributed by atoms with Crippen LogP contribution in [0.1, 0.15) is 45.1 Å². The molecule has 0 amide bonds. The van der Waals surface area contributed by atoms with Gasteiger partial charge in [-0.3, -0.25) is 4.57 Å². The van der Waals surface area contributed by atoms with Gasteiger partial charge in [0.1, 0.15) is 16.4 Å². The standard InChI is InChI=1S/C22H27N3O5S/c1-3-30-17-10-11-18-19(14-17)24(16-7-5-4-6-8-16)22(26)25(18)31(27,28)21-12-9-15(23)13-20(21)29-2/h9-14,16H,3-8,23H2,1-2H3. The molecule has 0 unspecified atom stereocenters. The summed E-state index contributed by atoms with van der Waals surface area (Å²) in [5.41, 5.74) is 6.46. The number of fused-ring (bicyclic) bond motifs is 1. The Morgan fingerprint density at radius 3 is 2.48 bits per heavy atom. The Labute approximate surface area is 181 Å². The molecule has 31 heavy (non-hydrogen) atoms. The van der Waals surface area contributed by atoms with Crippen LogP contribution < -0.4 is 20.9 Å². The lowest BCUT2D eigenvalue weighted by molar-refractivity contribution is 0.339. The Kier molecular flexibility index (Phi) is 5.70. The van der Waals surface area contributed by atoms with Gasteiger partial charge in [0.2, 0.25) is 0 Å². The molecule has 1 aliphatic carbocycles. The van der Waals surface area contributed by atoms with E-state index in [1.54, 1.807) is 22.8 Å². The fourth-order valence-corrected chi connectivity index (χ4v) is 5.89. The third-order valence-corrected chi connectivity index (χ3v) is 7.49. The lowest BCUT2D eigenvalue weighted by Crippen LogP contribution is -2.32. The van der Waals surface area contributed by atoms with Crippen molar-refractivity contribution in [3.63, 3.8) is 0 Å². The molecule has 9 heteroatoms. The number of imidazole rings is 1. The third-order valence-electron chi connectivity index (χ3n) is 5.76. The molecule has 0 spiro atoms. The predicted octanol–water partition coefficient (Wildman–Crippen LogP) is 3.53. The van der Waals surface area contributed by atoms with Gasteiger partial charge >= 0.3 is 5.69 Å². The molecule has 166 valence electrons. The van der Waals surface area contributed by atoms with Crippen LogP contribution in [0.25, 0.3) is 11.0 Å². The van der Waals surface area contributed by atoms with E-state index in [-0.39, 0.29) is 16.7 Å². The minimum Gasteiger partial charge on any atom is -0.495 e. The van der Waals surface area contributed by atoms with Crippen LogP contribution in [0.4, 0.5) is 5.69 Å². The molecule has 0 radical (unpaired) electrons. The summed E-state index contributed by atoms with van der Waals surface area (Å²) in [5.74, 6) is 0.690. The lowest BCUT2D eigenvalue weighted by Gasteiger charge is -2.23. The number of anilines is 1. The van der Waals surface area contributed by atoms with Gasteiger partial charge < -0.3 is 15.2 Å². The van der Waals surface area contributed by atoms with Crippen molar-refractivity contribution in [2.75, 3.05) is 19.5 Å². The van der Waals surface area contributed by atoms with Gasteiger partial charge in [-0.15, -0.1) is 0 Å². The van der Waals surface area contributed by atoms with Gasteiger partial charge in [0, 0.05) is 23.9 Å². The van der Waals surface area contributed by atoms with E-state index in [1.165, 1.54) is 25.3 Å². The summed E-state index contributed by atoms with van der Waals surface area (Å²) in [6.07, 6.45) is 4.81. The summed E-state index contributed by atoms with van der Waals surface area (Å²) in [4.78, 5) is 13.5. The van der Waals surface area contributed by atoms with Crippen LogP contribution in [0.3, 0.4) is 0 Å². The fraction of sp³-hybridized carbons (Fsp3) is 0.409. The van der Waals surface area contributed by atoms with Gasteiger partial charge in [-0.25, -0.2) is 13.2 Å². The van der Waals surface area contributed by atoms with Gasteiger partial charge in [0.15, 0.2) is 0 Å². The molecule has 0 bridgehead atoms. The Morgan fingerprint density at radius 2 is 1.81 bits per heavy atom. The molecule has 1 fully saturated rings. The van der Waals surface area contributed by atoms with Crippen LogP contribution in [0, 0.1) is 0 Å². The molecular formula is C22H27N3O5S. The molecule has 3 aromatic rings. The van der Waals surface area contributed by atoms with E-state index >= 15 is 0 Å². The normalized spacial score (nSPS) is 15.3. The summed E-state index contributed by atoms with van der Waals surface area (Å²) in [5, 5.41) is 0. The minimum absolute atomic E-state index is 0.0506. The van der Waals surface area contributed by atoms with Gasteiger partial charge in [-0.1, -0.05) is 19.3 Å². The van der Waals surface area contributed by atoms with E-state index < -0.39 is 15.7 Å². The molecule has 1 aromatic heterocycles. The Morgan fingerprint density at radius 1 is 1.06 bits per heavy atom. The maximum absolute atomic E-state index is 13.7. The highest BCUT2D eigenvalue weighted by Gasteiger charge is 2.31. The monoisotopic (exact) mass is 445 g/mol. The number of benzene rings is 2. The average molecular weight is 446 g/mol.